The molecule has 0 radical (unpaired) electrons. The van der Waals surface area contributed by atoms with Gasteiger partial charge in [0.1, 0.15) is 5.75 Å². The molecule has 152 valence electrons. The number of rotatable bonds is 7. The number of anilines is 1. The van der Waals surface area contributed by atoms with Crippen LogP contribution in [0.15, 0.2) is 59.9 Å². The zero-order valence-electron chi connectivity index (χ0n) is 17.3. The minimum Gasteiger partial charge on any atom is -0.503 e. The van der Waals surface area contributed by atoms with E-state index in [9.17, 15) is 14.7 Å². The van der Waals surface area contributed by atoms with Crippen LogP contribution >= 0.6 is 0 Å². The fourth-order valence-electron chi connectivity index (χ4n) is 3.69. The maximum Gasteiger partial charge on any atom is 0.294 e. The first-order chi connectivity index (χ1) is 13.8. The molecule has 2 aromatic rings. The van der Waals surface area contributed by atoms with Crippen molar-refractivity contribution in [3.63, 3.8) is 0 Å². The van der Waals surface area contributed by atoms with Crippen molar-refractivity contribution >= 4 is 17.4 Å². The smallest absolute Gasteiger partial charge is 0.294 e. The molecule has 1 aliphatic heterocycles. The largest absolute Gasteiger partial charge is 0.503 e. The average molecular weight is 393 g/mol. The molecule has 0 fully saturated rings. The first-order valence-electron chi connectivity index (χ1n) is 9.93. The highest BCUT2D eigenvalue weighted by molar-refractivity contribution is 6.16. The Kier molecular flexibility index (Phi) is 6.06. The molecule has 0 saturated carbocycles. The molecular weight excluding hydrogens is 366 g/mol. The normalized spacial score (nSPS) is 16.7. The number of amides is 1. The van der Waals surface area contributed by atoms with Gasteiger partial charge >= 0.3 is 0 Å². The Morgan fingerprint density at radius 2 is 1.79 bits per heavy atom. The van der Waals surface area contributed by atoms with Gasteiger partial charge in [-0.25, -0.2) is 0 Å². The molecule has 3 rings (SSSR count). The number of aliphatic hydroxyl groups is 1. The summed E-state index contributed by atoms with van der Waals surface area (Å²) >= 11 is 0. The summed E-state index contributed by atoms with van der Waals surface area (Å²) in [5, 5.41) is 10.7. The lowest BCUT2D eigenvalue weighted by atomic mass is 9.90. The number of aliphatic hydroxyl groups excluding tert-OH is 1. The standard InChI is InChI=1S/C24H27NO4/c1-5-29-18-12-10-17(11-13-18)25-22(19-9-7-6-8-16(19)4)21(23(27)24(25)28)20(26)14-15(2)3/h6-13,15,22,27H,5,14H2,1-4H3. The van der Waals surface area contributed by atoms with Gasteiger partial charge in [0.25, 0.3) is 5.91 Å². The summed E-state index contributed by atoms with van der Waals surface area (Å²) in [6.45, 7) is 8.28. The highest BCUT2D eigenvalue weighted by Gasteiger charge is 2.44. The quantitative estimate of drug-likeness (QED) is 0.726. The molecule has 1 unspecified atom stereocenters. The monoisotopic (exact) mass is 393 g/mol. The lowest BCUT2D eigenvalue weighted by Gasteiger charge is -2.28. The fraction of sp³-hybridized carbons (Fsp3) is 0.333. The Morgan fingerprint density at radius 1 is 1.14 bits per heavy atom. The molecule has 1 aliphatic rings. The van der Waals surface area contributed by atoms with Crippen molar-refractivity contribution in [1.82, 2.24) is 0 Å². The average Bonchev–Trinajstić information content (AvgIpc) is 2.94. The molecular formula is C24H27NO4. The number of benzene rings is 2. The highest BCUT2D eigenvalue weighted by atomic mass is 16.5. The number of hydrogen-bond donors (Lipinski definition) is 1. The zero-order valence-corrected chi connectivity index (χ0v) is 17.3. The highest BCUT2D eigenvalue weighted by Crippen LogP contribution is 2.42. The molecule has 5 nitrogen and oxygen atoms in total. The van der Waals surface area contributed by atoms with Crippen molar-refractivity contribution in [1.29, 1.82) is 0 Å². The Bertz CT molecular complexity index is 944. The van der Waals surface area contributed by atoms with Gasteiger partial charge in [0, 0.05) is 12.1 Å². The van der Waals surface area contributed by atoms with E-state index in [0.717, 1.165) is 11.1 Å². The minimum atomic E-state index is -0.659. The predicted octanol–water partition coefficient (Wildman–Crippen LogP) is 4.91. The Balaban J connectivity index is 2.11. The van der Waals surface area contributed by atoms with Crippen molar-refractivity contribution in [3.8, 4) is 5.75 Å². The second-order valence-corrected chi connectivity index (χ2v) is 7.64. The third-order valence-electron chi connectivity index (χ3n) is 5.01. The number of hydrogen-bond acceptors (Lipinski definition) is 4. The third-order valence-corrected chi connectivity index (χ3v) is 5.01. The minimum absolute atomic E-state index is 0.120. The second kappa shape index (κ2) is 8.52. The fourth-order valence-corrected chi connectivity index (χ4v) is 3.69. The Labute approximate surface area is 171 Å². The predicted molar refractivity (Wildman–Crippen MR) is 113 cm³/mol. The molecule has 1 amide bonds. The second-order valence-electron chi connectivity index (χ2n) is 7.64. The van der Waals surface area contributed by atoms with E-state index in [1.165, 1.54) is 4.90 Å². The van der Waals surface area contributed by atoms with E-state index in [1.807, 2.05) is 52.0 Å². The SMILES string of the molecule is CCOc1ccc(N2C(=O)C(O)=C(C(=O)CC(C)C)C2c2ccccc2C)cc1. The van der Waals surface area contributed by atoms with E-state index < -0.39 is 17.7 Å². The lowest BCUT2D eigenvalue weighted by molar-refractivity contribution is -0.118. The van der Waals surface area contributed by atoms with Gasteiger partial charge < -0.3 is 9.84 Å². The van der Waals surface area contributed by atoms with Crippen LogP contribution in [-0.4, -0.2) is 23.4 Å². The van der Waals surface area contributed by atoms with Gasteiger partial charge in [-0.1, -0.05) is 38.1 Å². The van der Waals surface area contributed by atoms with Crippen LogP contribution in [0.2, 0.25) is 0 Å². The molecule has 1 heterocycles. The van der Waals surface area contributed by atoms with Crippen molar-refractivity contribution in [2.45, 2.75) is 40.2 Å². The molecule has 0 spiro atoms. The summed E-state index contributed by atoms with van der Waals surface area (Å²) in [5.74, 6) is -0.404. The van der Waals surface area contributed by atoms with Crippen LogP contribution in [0.5, 0.6) is 5.75 Å². The van der Waals surface area contributed by atoms with Gasteiger partial charge in [0.2, 0.25) is 0 Å². The summed E-state index contributed by atoms with van der Waals surface area (Å²) in [6, 6.07) is 14.1. The summed E-state index contributed by atoms with van der Waals surface area (Å²) in [5.41, 5.74) is 2.55. The van der Waals surface area contributed by atoms with Crippen LogP contribution in [-0.2, 0) is 9.59 Å². The summed E-state index contributed by atoms with van der Waals surface area (Å²) in [4.78, 5) is 27.6. The summed E-state index contributed by atoms with van der Waals surface area (Å²) in [6.07, 6.45) is 0.270. The van der Waals surface area contributed by atoms with E-state index in [1.54, 1.807) is 24.3 Å². The lowest BCUT2D eigenvalue weighted by Crippen LogP contribution is -2.31. The van der Waals surface area contributed by atoms with Crippen molar-refractivity contribution in [2.24, 2.45) is 5.92 Å². The number of carbonyl (C=O) groups is 2. The Hall–Kier alpha value is -3.08. The number of ketones is 1. The van der Waals surface area contributed by atoms with Gasteiger partial charge in [-0.3, -0.25) is 14.5 Å². The first kappa shape index (κ1) is 20.6. The Morgan fingerprint density at radius 3 is 2.38 bits per heavy atom. The molecule has 0 saturated heterocycles. The number of carbonyl (C=O) groups excluding carboxylic acids is 2. The first-order valence-corrected chi connectivity index (χ1v) is 9.93. The molecule has 2 aromatic carbocycles. The molecule has 1 atom stereocenters. The van der Waals surface area contributed by atoms with Crippen LogP contribution < -0.4 is 9.64 Å². The van der Waals surface area contributed by atoms with E-state index >= 15 is 0 Å². The molecule has 5 heteroatoms. The third kappa shape index (κ3) is 4.04. The van der Waals surface area contributed by atoms with Crippen molar-refractivity contribution in [3.05, 3.63) is 71.0 Å². The topological polar surface area (TPSA) is 66.8 Å². The molecule has 29 heavy (non-hydrogen) atoms. The molecule has 0 bridgehead atoms. The number of nitrogens with zero attached hydrogens (tertiary/aromatic N) is 1. The van der Waals surface area contributed by atoms with E-state index in [0.29, 0.717) is 18.0 Å². The van der Waals surface area contributed by atoms with Crippen LogP contribution in [0.3, 0.4) is 0 Å². The van der Waals surface area contributed by atoms with Crippen LogP contribution in [0.1, 0.15) is 44.4 Å². The number of aryl methyl sites for hydroxylation is 1. The number of ether oxygens (including phenoxy) is 1. The van der Waals surface area contributed by atoms with E-state index in [2.05, 4.69) is 0 Å². The van der Waals surface area contributed by atoms with Gasteiger partial charge in [-0.15, -0.1) is 0 Å². The van der Waals surface area contributed by atoms with Gasteiger partial charge in [-0.05, 0) is 55.2 Å². The molecule has 0 aromatic heterocycles. The number of Topliss-reactive ketones (excluding diaryl/α,β-unsaturated/α-hetero) is 1. The van der Waals surface area contributed by atoms with Crippen LogP contribution in [0, 0.1) is 12.8 Å². The van der Waals surface area contributed by atoms with Crippen LogP contribution in [0.25, 0.3) is 0 Å². The maximum absolute atomic E-state index is 13.0. The van der Waals surface area contributed by atoms with E-state index in [4.69, 9.17) is 4.74 Å². The van der Waals surface area contributed by atoms with E-state index in [-0.39, 0.29) is 23.7 Å². The summed E-state index contributed by atoms with van der Waals surface area (Å²) < 4.78 is 5.49. The maximum atomic E-state index is 13.0. The van der Waals surface area contributed by atoms with Crippen molar-refractivity contribution in [2.75, 3.05) is 11.5 Å². The van der Waals surface area contributed by atoms with Gasteiger partial charge in [0.15, 0.2) is 11.5 Å². The van der Waals surface area contributed by atoms with Crippen LogP contribution in [0.4, 0.5) is 5.69 Å². The van der Waals surface area contributed by atoms with Gasteiger partial charge in [-0.2, -0.15) is 0 Å². The zero-order chi connectivity index (χ0) is 21.1. The van der Waals surface area contributed by atoms with Gasteiger partial charge in [0.05, 0.1) is 18.2 Å². The molecule has 1 N–H and O–H groups in total. The summed E-state index contributed by atoms with van der Waals surface area (Å²) in [7, 11) is 0. The molecule has 0 aliphatic carbocycles. The van der Waals surface area contributed by atoms with Crippen molar-refractivity contribution < 1.29 is 19.4 Å².